The van der Waals surface area contributed by atoms with E-state index >= 15 is 0 Å². The maximum Gasteiger partial charge on any atom is 0.337 e. The predicted octanol–water partition coefficient (Wildman–Crippen LogP) is -0.816. The summed E-state index contributed by atoms with van der Waals surface area (Å²) in [7, 11) is 0. The second-order valence-corrected chi connectivity index (χ2v) is 2.82. The van der Waals surface area contributed by atoms with Gasteiger partial charge in [-0.05, 0) is 6.92 Å². The minimum Gasteiger partial charge on any atom is -0.479 e. The number of aliphatic carboxylic acids is 1. The third-order valence-corrected chi connectivity index (χ3v) is 1.78. The van der Waals surface area contributed by atoms with Crippen molar-refractivity contribution in [1.82, 2.24) is 5.32 Å². The quantitative estimate of drug-likeness (QED) is 0.451. The topological polar surface area (TPSA) is 69.6 Å². The highest BCUT2D eigenvalue weighted by Crippen LogP contribution is 2.18. The van der Waals surface area contributed by atoms with Crippen LogP contribution in [0.3, 0.4) is 0 Å². The second-order valence-electron chi connectivity index (χ2n) is 2.82. The van der Waals surface area contributed by atoms with Gasteiger partial charge in [0.15, 0.2) is 5.60 Å². The van der Waals surface area contributed by atoms with Gasteiger partial charge in [0.05, 0.1) is 0 Å². The summed E-state index contributed by atoms with van der Waals surface area (Å²) < 4.78 is 0. The molecule has 10 heavy (non-hydrogen) atoms. The number of β-amino-alcohol motifs (C(OH)–C–C–N with tert-alkyl or cyclic N) is 1. The highest BCUT2D eigenvalue weighted by Gasteiger charge is 2.41. The van der Waals surface area contributed by atoms with Crippen LogP contribution in [-0.4, -0.2) is 34.4 Å². The average molecular weight is 145 g/mol. The number of hydrogen-bond acceptors (Lipinski definition) is 3. The zero-order valence-corrected chi connectivity index (χ0v) is 5.79. The van der Waals surface area contributed by atoms with E-state index in [2.05, 4.69) is 5.32 Å². The molecule has 0 aliphatic carbocycles. The van der Waals surface area contributed by atoms with E-state index in [-0.39, 0.29) is 12.6 Å². The van der Waals surface area contributed by atoms with Crippen LogP contribution in [0.4, 0.5) is 0 Å². The van der Waals surface area contributed by atoms with Crippen molar-refractivity contribution >= 4 is 5.97 Å². The number of rotatable bonds is 1. The van der Waals surface area contributed by atoms with E-state index < -0.39 is 11.6 Å². The van der Waals surface area contributed by atoms with Crippen molar-refractivity contribution in [1.29, 1.82) is 0 Å². The Kier molecular flexibility index (Phi) is 1.66. The third-order valence-electron chi connectivity index (χ3n) is 1.78. The number of hydrogen-bond donors (Lipinski definition) is 3. The largest absolute Gasteiger partial charge is 0.479 e. The molecule has 58 valence electrons. The van der Waals surface area contributed by atoms with Crippen LogP contribution in [0.2, 0.25) is 0 Å². The summed E-state index contributed by atoms with van der Waals surface area (Å²) in [6.45, 7) is 2.00. The molecule has 0 saturated carbocycles. The third kappa shape index (κ3) is 1.12. The average Bonchev–Trinajstić information content (AvgIpc) is 2.13. The van der Waals surface area contributed by atoms with Crippen molar-refractivity contribution in [2.45, 2.75) is 25.0 Å². The molecule has 4 heteroatoms. The van der Waals surface area contributed by atoms with Gasteiger partial charge in [0.25, 0.3) is 0 Å². The zero-order valence-electron chi connectivity index (χ0n) is 5.79. The Morgan fingerprint density at radius 3 is 2.60 bits per heavy atom. The second kappa shape index (κ2) is 2.21. The molecule has 0 unspecified atom stereocenters. The molecule has 0 aromatic heterocycles. The summed E-state index contributed by atoms with van der Waals surface area (Å²) >= 11 is 0. The van der Waals surface area contributed by atoms with E-state index in [1.807, 2.05) is 6.92 Å². The molecule has 1 rings (SSSR count). The number of carboxylic acid groups (broad SMARTS) is 1. The molecule has 3 N–H and O–H groups in total. The van der Waals surface area contributed by atoms with Crippen molar-refractivity contribution in [2.24, 2.45) is 0 Å². The van der Waals surface area contributed by atoms with E-state index in [0.717, 1.165) is 0 Å². The molecule has 1 aliphatic rings. The molecule has 0 spiro atoms. The van der Waals surface area contributed by atoms with Gasteiger partial charge in [0, 0.05) is 19.0 Å². The number of carboxylic acids is 1. The van der Waals surface area contributed by atoms with E-state index in [1.54, 1.807) is 0 Å². The first-order chi connectivity index (χ1) is 4.54. The van der Waals surface area contributed by atoms with E-state index in [1.165, 1.54) is 0 Å². The van der Waals surface area contributed by atoms with Gasteiger partial charge in [-0.15, -0.1) is 0 Å². The summed E-state index contributed by atoms with van der Waals surface area (Å²) in [5.74, 6) is -1.13. The van der Waals surface area contributed by atoms with E-state index in [9.17, 15) is 9.90 Å². The SMILES string of the molecule is C[C@@H]1C[C@@](O)(C(=O)O)CN1. The first-order valence-electron chi connectivity index (χ1n) is 3.24. The molecular formula is C6H11NO3. The Labute approximate surface area is 58.9 Å². The van der Waals surface area contributed by atoms with Crippen molar-refractivity contribution in [3.05, 3.63) is 0 Å². The Morgan fingerprint density at radius 2 is 2.40 bits per heavy atom. The van der Waals surface area contributed by atoms with Gasteiger partial charge >= 0.3 is 5.97 Å². The van der Waals surface area contributed by atoms with Gasteiger partial charge in [-0.25, -0.2) is 4.79 Å². The normalized spacial score (nSPS) is 40.0. The first-order valence-corrected chi connectivity index (χ1v) is 3.24. The molecule has 0 aromatic carbocycles. The highest BCUT2D eigenvalue weighted by atomic mass is 16.4. The fourth-order valence-electron chi connectivity index (χ4n) is 1.16. The number of nitrogens with one attached hydrogen (secondary N) is 1. The predicted molar refractivity (Wildman–Crippen MR) is 34.7 cm³/mol. The maximum atomic E-state index is 10.4. The smallest absolute Gasteiger partial charge is 0.337 e. The van der Waals surface area contributed by atoms with Crippen molar-refractivity contribution < 1.29 is 15.0 Å². The van der Waals surface area contributed by atoms with Crippen molar-refractivity contribution in [2.75, 3.05) is 6.54 Å². The van der Waals surface area contributed by atoms with Gasteiger partial charge in [-0.2, -0.15) is 0 Å². The summed E-state index contributed by atoms with van der Waals surface area (Å²) in [5, 5.41) is 20.6. The molecule has 0 radical (unpaired) electrons. The first kappa shape index (κ1) is 7.50. The molecule has 0 bridgehead atoms. The summed E-state index contributed by atoms with van der Waals surface area (Å²) in [6.07, 6.45) is 0.294. The minimum atomic E-state index is -1.53. The molecule has 0 aromatic rings. The van der Waals surface area contributed by atoms with Crippen LogP contribution in [0.15, 0.2) is 0 Å². The van der Waals surface area contributed by atoms with Crippen LogP contribution < -0.4 is 5.32 Å². The van der Waals surface area contributed by atoms with Crippen LogP contribution in [0, 0.1) is 0 Å². The number of carbonyl (C=O) groups is 1. The molecule has 4 nitrogen and oxygen atoms in total. The monoisotopic (exact) mass is 145 g/mol. The van der Waals surface area contributed by atoms with Gasteiger partial charge in [-0.3, -0.25) is 0 Å². The number of aliphatic hydroxyl groups is 1. The van der Waals surface area contributed by atoms with E-state index in [0.29, 0.717) is 6.42 Å². The highest BCUT2D eigenvalue weighted by molar-refractivity contribution is 5.78. The van der Waals surface area contributed by atoms with Crippen LogP contribution in [-0.2, 0) is 4.79 Å². The van der Waals surface area contributed by atoms with Crippen LogP contribution in [0.1, 0.15) is 13.3 Å². The Balaban J connectivity index is 2.63. The minimum absolute atomic E-state index is 0.0982. The Morgan fingerprint density at radius 1 is 1.80 bits per heavy atom. The lowest BCUT2D eigenvalue weighted by Gasteiger charge is -2.13. The molecule has 1 fully saturated rings. The molecule has 1 heterocycles. The summed E-state index contributed by atoms with van der Waals surface area (Å²) in [4.78, 5) is 10.4. The molecule has 0 amide bonds. The van der Waals surface area contributed by atoms with Crippen LogP contribution in [0.5, 0.6) is 0 Å². The summed E-state index contributed by atoms with van der Waals surface area (Å²) in [6, 6.07) is 0.0982. The lowest BCUT2D eigenvalue weighted by atomic mass is 10.0. The molecule has 1 aliphatic heterocycles. The lowest BCUT2D eigenvalue weighted by molar-refractivity contribution is -0.156. The van der Waals surface area contributed by atoms with E-state index in [4.69, 9.17) is 5.11 Å². The van der Waals surface area contributed by atoms with Gasteiger partial charge in [-0.1, -0.05) is 0 Å². The standard InChI is InChI=1S/C6H11NO3/c1-4-2-6(10,3-7-4)5(8)9/h4,7,10H,2-3H2,1H3,(H,8,9)/t4-,6+/m1/s1. The molecule has 1 saturated heterocycles. The maximum absolute atomic E-state index is 10.4. The van der Waals surface area contributed by atoms with Crippen molar-refractivity contribution in [3.8, 4) is 0 Å². The van der Waals surface area contributed by atoms with Gasteiger partial charge in [0.1, 0.15) is 0 Å². The van der Waals surface area contributed by atoms with Gasteiger partial charge < -0.3 is 15.5 Å². The fourth-order valence-corrected chi connectivity index (χ4v) is 1.16. The fraction of sp³-hybridized carbons (Fsp3) is 0.833. The van der Waals surface area contributed by atoms with Crippen LogP contribution in [0.25, 0.3) is 0 Å². The lowest BCUT2D eigenvalue weighted by Crippen LogP contribution is -2.40. The Bertz CT molecular complexity index is 159. The molecular weight excluding hydrogens is 134 g/mol. The van der Waals surface area contributed by atoms with Gasteiger partial charge in [0.2, 0.25) is 0 Å². The van der Waals surface area contributed by atoms with Crippen LogP contribution >= 0.6 is 0 Å². The zero-order chi connectivity index (χ0) is 7.78. The summed E-state index contributed by atoms with van der Waals surface area (Å²) in [5.41, 5.74) is -1.53. The molecule has 2 atom stereocenters. The Hall–Kier alpha value is -0.610. The van der Waals surface area contributed by atoms with Crippen molar-refractivity contribution in [3.63, 3.8) is 0 Å².